The number of aliphatic hydroxyl groups excluding tert-OH is 2. The molecule has 20 heavy (non-hydrogen) atoms. The van der Waals surface area contributed by atoms with Crippen molar-refractivity contribution in [3.63, 3.8) is 0 Å². The Balaban J connectivity index is 2.30. The smallest absolute Gasteiger partial charge is 0.243 e. The van der Waals surface area contributed by atoms with Gasteiger partial charge in [-0.2, -0.15) is 4.31 Å². The second-order valence-electron chi connectivity index (χ2n) is 5.38. The molecule has 2 rings (SSSR count). The van der Waals surface area contributed by atoms with Crippen LogP contribution in [0.4, 0.5) is 0 Å². The van der Waals surface area contributed by atoms with Crippen LogP contribution in [-0.4, -0.2) is 42.1 Å². The fraction of sp³-hybridized carbons (Fsp3) is 0.571. The molecule has 112 valence electrons. The maximum absolute atomic E-state index is 12.6. The number of hydrogen-bond donors (Lipinski definition) is 2. The number of hydrogen-bond acceptors (Lipinski definition) is 4. The molecular formula is C14H21NO4S. The first-order valence-corrected chi connectivity index (χ1v) is 8.22. The summed E-state index contributed by atoms with van der Waals surface area (Å²) in [6.07, 6.45) is 0.139. The van der Waals surface area contributed by atoms with Crippen molar-refractivity contribution in [2.45, 2.75) is 37.3 Å². The predicted molar refractivity (Wildman–Crippen MR) is 75.6 cm³/mol. The van der Waals surface area contributed by atoms with Crippen molar-refractivity contribution in [2.75, 3.05) is 13.2 Å². The lowest BCUT2D eigenvalue weighted by Gasteiger charge is -2.24. The molecule has 1 heterocycles. The van der Waals surface area contributed by atoms with Gasteiger partial charge in [0.25, 0.3) is 0 Å². The van der Waals surface area contributed by atoms with E-state index >= 15 is 0 Å². The average Bonchev–Trinajstić information content (AvgIpc) is 2.80. The summed E-state index contributed by atoms with van der Waals surface area (Å²) in [6, 6.07) is 5.90. The molecule has 1 aliphatic heterocycles. The highest BCUT2D eigenvalue weighted by molar-refractivity contribution is 7.89. The van der Waals surface area contributed by atoms with Crippen LogP contribution in [-0.2, 0) is 10.0 Å². The molecule has 1 saturated heterocycles. The van der Waals surface area contributed by atoms with E-state index in [1.54, 1.807) is 19.1 Å². The van der Waals surface area contributed by atoms with Crippen LogP contribution in [0.2, 0.25) is 0 Å². The molecule has 2 N–H and O–H groups in total. The van der Waals surface area contributed by atoms with Crippen molar-refractivity contribution in [3.8, 4) is 0 Å². The molecule has 0 radical (unpaired) electrons. The third-order valence-electron chi connectivity index (χ3n) is 3.99. The van der Waals surface area contributed by atoms with Crippen LogP contribution in [0.5, 0.6) is 0 Å². The van der Waals surface area contributed by atoms with Crippen LogP contribution in [0.1, 0.15) is 31.9 Å². The predicted octanol–water partition coefficient (Wildman–Crippen LogP) is 1.13. The zero-order valence-electron chi connectivity index (χ0n) is 11.7. The summed E-state index contributed by atoms with van der Waals surface area (Å²) in [7, 11) is -3.58. The van der Waals surface area contributed by atoms with Gasteiger partial charge in [0, 0.05) is 6.54 Å². The van der Waals surface area contributed by atoms with Gasteiger partial charge < -0.3 is 10.2 Å². The van der Waals surface area contributed by atoms with Crippen molar-refractivity contribution in [3.05, 3.63) is 29.8 Å². The van der Waals surface area contributed by atoms with Crippen LogP contribution in [0.3, 0.4) is 0 Å². The molecule has 0 saturated carbocycles. The standard InChI is InChI=1S/C14H21NO4S/c1-10-7-8-15(14(10)9-16)20(18,19)13-5-3-12(4-6-13)11(2)17/h3-6,10-11,14,16-17H,7-9H2,1-2H3. The molecular weight excluding hydrogens is 278 g/mol. The van der Waals surface area contributed by atoms with Gasteiger partial charge in [0.2, 0.25) is 10.0 Å². The highest BCUT2D eigenvalue weighted by Crippen LogP contribution is 2.30. The fourth-order valence-electron chi connectivity index (χ4n) is 2.60. The summed E-state index contributed by atoms with van der Waals surface area (Å²) in [6.45, 7) is 3.86. The van der Waals surface area contributed by atoms with Crippen molar-refractivity contribution in [1.82, 2.24) is 4.31 Å². The lowest BCUT2D eigenvalue weighted by atomic mass is 10.0. The molecule has 3 atom stereocenters. The molecule has 0 amide bonds. The minimum atomic E-state index is -3.58. The second-order valence-corrected chi connectivity index (χ2v) is 7.27. The maximum Gasteiger partial charge on any atom is 0.243 e. The van der Waals surface area contributed by atoms with Gasteiger partial charge in [-0.05, 0) is 37.0 Å². The topological polar surface area (TPSA) is 77.8 Å². The SMILES string of the molecule is CC(O)c1ccc(S(=O)(=O)N2CCC(C)C2CO)cc1. The number of benzene rings is 1. The highest BCUT2D eigenvalue weighted by atomic mass is 32.2. The largest absolute Gasteiger partial charge is 0.395 e. The van der Waals surface area contributed by atoms with Crippen LogP contribution in [0, 0.1) is 5.92 Å². The molecule has 0 spiro atoms. The van der Waals surface area contributed by atoms with E-state index in [0.717, 1.165) is 6.42 Å². The van der Waals surface area contributed by atoms with E-state index in [1.807, 2.05) is 6.92 Å². The molecule has 1 aromatic carbocycles. The third kappa shape index (κ3) is 2.74. The first-order chi connectivity index (χ1) is 9.37. The number of rotatable bonds is 4. The average molecular weight is 299 g/mol. The lowest BCUT2D eigenvalue weighted by Crippen LogP contribution is -2.39. The van der Waals surface area contributed by atoms with E-state index in [1.165, 1.54) is 16.4 Å². The summed E-state index contributed by atoms with van der Waals surface area (Å²) in [5, 5.41) is 18.8. The zero-order chi connectivity index (χ0) is 14.9. The van der Waals surface area contributed by atoms with Gasteiger partial charge in [-0.3, -0.25) is 0 Å². The Morgan fingerprint density at radius 2 is 1.95 bits per heavy atom. The van der Waals surface area contributed by atoms with Crippen molar-refractivity contribution in [2.24, 2.45) is 5.92 Å². The molecule has 1 fully saturated rings. The Hall–Kier alpha value is -0.950. The molecule has 6 heteroatoms. The van der Waals surface area contributed by atoms with E-state index in [0.29, 0.717) is 12.1 Å². The molecule has 3 unspecified atom stereocenters. The molecule has 5 nitrogen and oxygen atoms in total. The summed E-state index contributed by atoms with van der Waals surface area (Å²) >= 11 is 0. The quantitative estimate of drug-likeness (QED) is 0.873. The number of sulfonamides is 1. The minimum absolute atomic E-state index is 0.159. The zero-order valence-corrected chi connectivity index (χ0v) is 12.5. The van der Waals surface area contributed by atoms with Gasteiger partial charge in [-0.1, -0.05) is 19.1 Å². The molecule has 0 bridgehead atoms. The van der Waals surface area contributed by atoms with Crippen LogP contribution >= 0.6 is 0 Å². The lowest BCUT2D eigenvalue weighted by molar-refractivity contribution is 0.191. The van der Waals surface area contributed by atoms with Crippen molar-refractivity contribution < 1.29 is 18.6 Å². The van der Waals surface area contributed by atoms with Gasteiger partial charge in [-0.15, -0.1) is 0 Å². The Labute approximate surface area is 119 Å². The molecule has 1 aliphatic rings. The minimum Gasteiger partial charge on any atom is -0.395 e. The highest BCUT2D eigenvalue weighted by Gasteiger charge is 2.39. The van der Waals surface area contributed by atoms with Gasteiger partial charge in [0.15, 0.2) is 0 Å². The Kier molecular flexibility index (Phi) is 4.49. The number of aliphatic hydroxyl groups is 2. The van der Waals surface area contributed by atoms with Crippen LogP contribution in [0.15, 0.2) is 29.2 Å². The van der Waals surface area contributed by atoms with Crippen molar-refractivity contribution >= 4 is 10.0 Å². The Bertz CT molecular complexity index is 553. The van der Waals surface area contributed by atoms with Gasteiger partial charge in [0.1, 0.15) is 0 Å². The van der Waals surface area contributed by atoms with E-state index in [-0.39, 0.29) is 23.5 Å². The summed E-state index contributed by atoms with van der Waals surface area (Å²) in [5.41, 5.74) is 0.678. The summed E-state index contributed by atoms with van der Waals surface area (Å²) in [4.78, 5) is 0.203. The normalized spacial score (nSPS) is 25.8. The molecule has 1 aromatic rings. The number of nitrogens with zero attached hydrogens (tertiary/aromatic N) is 1. The van der Waals surface area contributed by atoms with E-state index in [4.69, 9.17) is 0 Å². The molecule has 0 aromatic heterocycles. The summed E-state index contributed by atoms with van der Waals surface area (Å²) < 4.78 is 26.5. The second kappa shape index (κ2) is 5.81. The van der Waals surface area contributed by atoms with Gasteiger partial charge in [-0.25, -0.2) is 8.42 Å². The van der Waals surface area contributed by atoms with E-state index < -0.39 is 16.1 Å². The van der Waals surface area contributed by atoms with Gasteiger partial charge in [0.05, 0.1) is 23.6 Å². The third-order valence-corrected chi connectivity index (χ3v) is 5.93. The van der Waals surface area contributed by atoms with Gasteiger partial charge >= 0.3 is 0 Å². The monoisotopic (exact) mass is 299 g/mol. The molecule has 0 aliphatic carbocycles. The Morgan fingerprint density at radius 3 is 2.45 bits per heavy atom. The van der Waals surface area contributed by atoms with E-state index in [2.05, 4.69) is 0 Å². The Morgan fingerprint density at radius 1 is 1.35 bits per heavy atom. The summed E-state index contributed by atoms with van der Waals surface area (Å²) in [5.74, 6) is 0.159. The van der Waals surface area contributed by atoms with Crippen LogP contribution < -0.4 is 0 Å². The maximum atomic E-state index is 12.6. The van der Waals surface area contributed by atoms with E-state index in [9.17, 15) is 18.6 Å². The first kappa shape index (κ1) is 15.4. The fourth-order valence-corrected chi connectivity index (χ4v) is 4.32. The van der Waals surface area contributed by atoms with Crippen LogP contribution in [0.25, 0.3) is 0 Å². The first-order valence-electron chi connectivity index (χ1n) is 6.78. The van der Waals surface area contributed by atoms with Crippen molar-refractivity contribution in [1.29, 1.82) is 0 Å².